The van der Waals surface area contributed by atoms with Crippen molar-refractivity contribution in [3.05, 3.63) is 45.8 Å². The van der Waals surface area contributed by atoms with Gasteiger partial charge in [-0.3, -0.25) is 18.9 Å². The van der Waals surface area contributed by atoms with E-state index in [0.29, 0.717) is 0 Å². The minimum Gasteiger partial charge on any atom is -0.478 e. The van der Waals surface area contributed by atoms with Gasteiger partial charge in [-0.1, -0.05) is 11.2 Å². The van der Waals surface area contributed by atoms with Gasteiger partial charge in [0.1, 0.15) is 11.7 Å². The molecular formula is C18H20N6O9S2. The zero-order chi connectivity index (χ0) is 26.1. The summed E-state index contributed by atoms with van der Waals surface area (Å²) in [6.07, 6.45) is 1.33. The summed E-state index contributed by atoms with van der Waals surface area (Å²) in [6.45, 7) is 1.97. The third kappa shape index (κ3) is 5.47. The molecular weight excluding hydrogens is 508 g/mol. The van der Waals surface area contributed by atoms with Crippen LogP contribution in [-0.2, 0) is 36.1 Å². The van der Waals surface area contributed by atoms with E-state index in [1.54, 1.807) is 0 Å². The Labute approximate surface area is 201 Å². The molecule has 3 heterocycles. The third-order valence-electron chi connectivity index (χ3n) is 4.85. The Morgan fingerprint density at radius 3 is 2.57 bits per heavy atom. The number of β-lactam (4-membered cyclic amide) rings is 1. The molecule has 0 unspecified atom stereocenters. The van der Waals surface area contributed by atoms with Crippen LogP contribution in [0.5, 0.6) is 0 Å². The molecule has 3 rings (SSSR count). The van der Waals surface area contributed by atoms with Crippen molar-refractivity contribution in [3.63, 3.8) is 0 Å². The van der Waals surface area contributed by atoms with Gasteiger partial charge in [0.2, 0.25) is 5.60 Å². The maximum Gasteiger partial charge on any atom is 0.362 e. The van der Waals surface area contributed by atoms with E-state index < -0.39 is 57.0 Å². The minimum atomic E-state index is -5.00. The number of nitrogens with one attached hydrogen (secondary N) is 1. The molecule has 5 N–H and O–H groups in total. The first kappa shape index (κ1) is 25.8. The molecule has 1 aliphatic heterocycles. The summed E-state index contributed by atoms with van der Waals surface area (Å²) in [5.74, 6) is -3.63. The minimum absolute atomic E-state index is 0.0524. The van der Waals surface area contributed by atoms with Crippen LogP contribution in [0.15, 0.2) is 39.7 Å². The van der Waals surface area contributed by atoms with E-state index >= 15 is 0 Å². The quantitative estimate of drug-likeness (QED) is 0.129. The van der Waals surface area contributed by atoms with Crippen molar-refractivity contribution >= 4 is 50.3 Å². The predicted molar refractivity (Wildman–Crippen MR) is 121 cm³/mol. The summed E-state index contributed by atoms with van der Waals surface area (Å²) in [5, 5.41) is 16.5. The molecule has 2 aromatic heterocycles. The molecule has 0 spiro atoms. The van der Waals surface area contributed by atoms with Crippen molar-refractivity contribution in [2.24, 2.45) is 5.16 Å². The topological polar surface area (TPSA) is 224 Å². The summed E-state index contributed by atoms with van der Waals surface area (Å²) in [6, 6.07) is 1.28. The molecule has 0 saturated carbocycles. The number of nitrogens with two attached hydrogens (primary N) is 1. The molecule has 35 heavy (non-hydrogen) atoms. The average Bonchev–Trinajstić information content (AvgIpc) is 3.17. The second-order valence-corrected chi connectivity index (χ2v) is 9.92. The number of aromatic nitrogens is 2. The van der Waals surface area contributed by atoms with Crippen LogP contribution in [0.25, 0.3) is 0 Å². The van der Waals surface area contributed by atoms with Crippen molar-refractivity contribution in [2.45, 2.75) is 38.1 Å². The van der Waals surface area contributed by atoms with Gasteiger partial charge in [-0.05, 0) is 19.9 Å². The SMILES string of the molecule is CC(C)(ON=C(C(=O)N[C@@H]1C(=O)N(S(=O)(=O)O)[C@@H]1Cn1ccccc1=O)c1csc(N)n1)C(=O)O. The van der Waals surface area contributed by atoms with Crippen molar-refractivity contribution in [2.75, 3.05) is 5.73 Å². The molecule has 1 aliphatic rings. The van der Waals surface area contributed by atoms with Crippen LogP contribution in [-0.4, -0.2) is 73.1 Å². The molecule has 1 saturated heterocycles. The van der Waals surface area contributed by atoms with E-state index in [9.17, 15) is 37.3 Å². The van der Waals surface area contributed by atoms with E-state index in [-0.39, 0.29) is 21.7 Å². The molecule has 0 bridgehead atoms. The van der Waals surface area contributed by atoms with Crippen molar-refractivity contribution in [3.8, 4) is 0 Å². The lowest BCUT2D eigenvalue weighted by molar-refractivity contribution is -0.161. The highest BCUT2D eigenvalue weighted by Crippen LogP contribution is 2.25. The summed E-state index contributed by atoms with van der Waals surface area (Å²) in [4.78, 5) is 57.8. The second-order valence-electron chi connectivity index (χ2n) is 7.74. The number of carboxylic acids is 1. The molecule has 17 heteroatoms. The lowest BCUT2D eigenvalue weighted by Gasteiger charge is -2.44. The fraction of sp³-hybridized carbons (Fsp3) is 0.333. The fourth-order valence-corrected chi connectivity index (χ4v) is 4.38. The molecule has 2 aromatic rings. The summed E-state index contributed by atoms with van der Waals surface area (Å²) >= 11 is 0.945. The Kier molecular flexibility index (Phi) is 6.95. The largest absolute Gasteiger partial charge is 0.478 e. The molecule has 0 aromatic carbocycles. The Balaban J connectivity index is 1.92. The van der Waals surface area contributed by atoms with Gasteiger partial charge >= 0.3 is 16.3 Å². The monoisotopic (exact) mass is 528 g/mol. The molecule has 188 valence electrons. The Morgan fingerprint density at radius 1 is 1.34 bits per heavy atom. The lowest BCUT2D eigenvalue weighted by atomic mass is 9.98. The number of amides is 2. The highest BCUT2D eigenvalue weighted by atomic mass is 32.2. The zero-order valence-electron chi connectivity index (χ0n) is 18.2. The van der Waals surface area contributed by atoms with Crippen LogP contribution >= 0.6 is 11.3 Å². The van der Waals surface area contributed by atoms with E-state index in [1.165, 1.54) is 43.6 Å². The summed E-state index contributed by atoms with van der Waals surface area (Å²) < 4.78 is 34.1. The molecule has 2 atom stereocenters. The first-order valence-electron chi connectivity index (χ1n) is 9.70. The number of pyridine rings is 1. The number of nitrogen functional groups attached to an aromatic ring is 1. The van der Waals surface area contributed by atoms with E-state index in [4.69, 9.17) is 10.6 Å². The molecule has 2 amide bonds. The van der Waals surface area contributed by atoms with Crippen LogP contribution < -0.4 is 16.6 Å². The van der Waals surface area contributed by atoms with Gasteiger partial charge in [-0.25, -0.2) is 14.1 Å². The van der Waals surface area contributed by atoms with Gasteiger partial charge in [-0.15, -0.1) is 11.3 Å². The first-order valence-corrected chi connectivity index (χ1v) is 12.0. The normalized spacial score (nSPS) is 18.7. The number of carbonyl (C=O) groups is 3. The number of aliphatic carboxylic acids is 1. The second kappa shape index (κ2) is 9.43. The highest BCUT2D eigenvalue weighted by molar-refractivity contribution is 7.84. The number of carbonyl (C=O) groups excluding carboxylic acids is 2. The highest BCUT2D eigenvalue weighted by Gasteiger charge is 2.54. The maximum atomic E-state index is 13.0. The standard InChI is InChI=1S/C18H20N6O9S2/c1-18(2,16(28)29)33-22-12(9-8-34-17(19)20-9)14(26)21-13-10(24(15(13)27)35(30,31)32)7-23-6-4-3-5-11(23)25/h3-6,8,10,13H,7H2,1-2H3,(H2,19,20)(H,21,26)(H,28,29)(H,30,31,32)/t10-,13+/m1/s1. The van der Waals surface area contributed by atoms with Gasteiger partial charge in [0.15, 0.2) is 10.8 Å². The summed E-state index contributed by atoms with van der Waals surface area (Å²) in [7, 11) is -5.00. The van der Waals surface area contributed by atoms with Gasteiger partial charge in [0.25, 0.3) is 17.4 Å². The Bertz CT molecular complexity index is 1360. The number of oxime groups is 1. The van der Waals surface area contributed by atoms with Gasteiger partial charge in [-0.2, -0.15) is 8.42 Å². The van der Waals surface area contributed by atoms with Crippen molar-refractivity contribution in [1.29, 1.82) is 0 Å². The molecule has 15 nitrogen and oxygen atoms in total. The Morgan fingerprint density at radius 2 is 2.03 bits per heavy atom. The smallest absolute Gasteiger partial charge is 0.362 e. The maximum absolute atomic E-state index is 13.0. The van der Waals surface area contributed by atoms with Crippen LogP contribution in [0, 0.1) is 0 Å². The Hall–Kier alpha value is -3.83. The van der Waals surface area contributed by atoms with E-state index in [1.807, 2.05) is 0 Å². The predicted octanol–water partition coefficient (Wildman–Crippen LogP) is -1.33. The number of hydrogen-bond acceptors (Lipinski definition) is 11. The van der Waals surface area contributed by atoms with Crippen LogP contribution in [0.2, 0.25) is 0 Å². The number of nitrogens with zero attached hydrogens (tertiary/aromatic N) is 4. The van der Waals surface area contributed by atoms with E-state index in [0.717, 1.165) is 15.9 Å². The lowest BCUT2D eigenvalue weighted by Crippen LogP contribution is -2.73. The molecule has 1 fully saturated rings. The zero-order valence-corrected chi connectivity index (χ0v) is 19.8. The van der Waals surface area contributed by atoms with Gasteiger partial charge < -0.3 is 25.6 Å². The van der Waals surface area contributed by atoms with Crippen LogP contribution in [0.3, 0.4) is 0 Å². The van der Waals surface area contributed by atoms with Crippen LogP contribution in [0.1, 0.15) is 19.5 Å². The molecule has 0 aliphatic carbocycles. The summed E-state index contributed by atoms with van der Waals surface area (Å²) in [5.41, 5.74) is 2.60. The number of thiazole rings is 1. The van der Waals surface area contributed by atoms with Gasteiger partial charge in [0, 0.05) is 24.2 Å². The average molecular weight is 529 g/mol. The van der Waals surface area contributed by atoms with E-state index in [2.05, 4.69) is 15.5 Å². The fourth-order valence-electron chi connectivity index (χ4n) is 2.96. The van der Waals surface area contributed by atoms with Crippen molar-refractivity contribution < 1.29 is 37.3 Å². The third-order valence-corrected chi connectivity index (χ3v) is 6.47. The number of anilines is 1. The van der Waals surface area contributed by atoms with Gasteiger partial charge in [0.05, 0.1) is 6.04 Å². The molecule has 0 radical (unpaired) electrons. The number of carboxylic acid groups (broad SMARTS) is 1. The first-order chi connectivity index (χ1) is 16.2. The number of hydrogen-bond donors (Lipinski definition) is 4. The van der Waals surface area contributed by atoms with Crippen molar-refractivity contribution in [1.82, 2.24) is 19.2 Å². The number of rotatable bonds is 9. The van der Waals surface area contributed by atoms with Crippen LogP contribution in [0.4, 0.5) is 5.13 Å².